The van der Waals surface area contributed by atoms with E-state index in [4.69, 9.17) is 0 Å². The molecule has 3 N–H and O–H groups in total. The second-order valence-corrected chi connectivity index (χ2v) is 7.69. The van der Waals surface area contributed by atoms with Gasteiger partial charge in [0.2, 0.25) is 0 Å². The number of hydrogen-bond donors (Lipinski definition) is 3. The van der Waals surface area contributed by atoms with Crippen LogP contribution in [0.2, 0.25) is 0 Å². The molecule has 2 amide bonds. The van der Waals surface area contributed by atoms with Crippen LogP contribution in [0.25, 0.3) is 0 Å². The van der Waals surface area contributed by atoms with Gasteiger partial charge in [0.1, 0.15) is 0 Å². The number of nitrogens with one attached hydrogen (secondary N) is 3. The van der Waals surface area contributed by atoms with Crippen molar-refractivity contribution in [2.24, 2.45) is 0 Å². The number of alkyl halides is 3. The van der Waals surface area contributed by atoms with Crippen molar-refractivity contribution in [1.29, 1.82) is 0 Å². The first-order valence-electron chi connectivity index (χ1n) is 8.99. The molecule has 2 aromatic carbocycles. The molecular formula is C20H19F3N6OS. The van der Waals surface area contributed by atoms with Crippen molar-refractivity contribution in [2.75, 3.05) is 34.9 Å². The summed E-state index contributed by atoms with van der Waals surface area (Å²) in [5.41, 5.74) is -1.77. The Morgan fingerprint density at radius 3 is 2.03 bits per heavy atom. The molecule has 0 aliphatic rings. The van der Waals surface area contributed by atoms with E-state index in [1.165, 1.54) is 24.3 Å². The number of benzene rings is 2. The Morgan fingerprint density at radius 1 is 0.935 bits per heavy atom. The van der Waals surface area contributed by atoms with Crippen LogP contribution in [-0.2, 0) is 0 Å². The summed E-state index contributed by atoms with van der Waals surface area (Å²) in [7, 11) is 3.81. The van der Waals surface area contributed by atoms with E-state index in [2.05, 4.69) is 26.1 Å². The van der Waals surface area contributed by atoms with Crippen LogP contribution >= 0.6 is 11.8 Å². The van der Waals surface area contributed by atoms with Crippen LogP contribution in [0.4, 0.5) is 46.5 Å². The number of hydrogen-bond acceptors (Lipinski definition) is 6. The van der Waals surface area contributed by atoms with Crippen LogP contribution in [0.5, 0.6) is 0 Å². The minimum atomic E-state index is -4.35. The Bertz CT molecular complexity index is 1030. The summed E-state index contributed by atoms with van der Waals surface area (Å²) in [4.78, 5) is 14.1. The first-order valence-corrected chi connectivity index (χ1v) is 9.80. The van der Waals surface area contributed by atoms with Crippen LogP contribution in [-0.4, -0.2) is 35.8 Å². The van der Waals surface area contributed by atoms with E-state index in [0.717, 1.165) is 11.4 Å². The zero-order chi connectivity index (χ0) is 22.4. The summed E-state index contributed by atoms with van der Waals surface area (Å²) in [6.07, 6.45) is 1.65. The van der Waals surface area contributed by atoms with Gasteiger partial charge in [-0.15, -0.1) is 5.10 Å². The maximum Gasteiger partial charge on any atom is 0.446 e. The van der Waals surface area contributed by atoms with Crippen molar-refractivity contribution in [3.8, 4) is 0 Å². The highest BCUT2D eigenvalue weighted by atomic mass is 32.2. The molecule has 0 radical (unpaired) electrons. The molecule has 162 valence electrons. The molecule has 3 aromatic rings. The molecule has 0 unspecified atom stereocenters. The fraction of sp³-hybridized carbons (Fsp3) is 0.150. The van der Waals surface area contributed by atoms with Gasteiger partial charge in [-0.05, 0) is 60.3 Å². The van der Waals surface area contributed by atoms with Gasteiger partial charge in [-0.25, -0.2) is 4.79 Å². The number of rotatable bonds is 6. The summed E-state index contributed by atoms with van der Waals surface area (Å²) in [5.74, 6) is 0.580. The molecule has 0 saturated carbocycles. The molecule has 0 atom stereocenters. The van der Waals surface area contributed by atoms with Crippen LogP contribution < -0.4 is 20.9 Å². The Morgan fingerprint density at radius 2 is 1.48 bits per heavy atom. The zero-order valence-corrected chi connectivity index (χ0v) is 17.4. The van der Waals surface area contributed by atoms with Crippen molar-refractivity contribution in [1.82, 2.24) is 10.2 Å². The molecule has 0 aliphatic heterocycles. The summed E-state index contributed by atoms with van der Waals surface area (Å²) in [6.45, 7) is 0. The Balaban J connectivity index is 1.54. The van der Waals surface area contributed by atoms with Gasteiger partial charge in [0.25, 0.3) is 0 Å². The van der Waals surface area contributed by atoms with E-state index in [-0.39, 0.29) is 16.7 Å². The summed E-state index contributed by atoms with van der Waals surface area (Å²) in [5, 5.41) is 16.3. The van der Waals surface area contributed by atoms with Gasteiger partial charge in [-0.3, -0.25) is 0 Å². The maximum atomic E-state index is 12.4. The lowest BCUT2D eigenvalue weighted by atomic mass is 10.2. The molecule has 31 heavy (non-hydrogen) atoms. The fourth-order valence-electron chi connectivity index (χ4n) is 2.48. The van der Waals surface area contributed by atoms with E-state index in [0.29, 0.717) is 17.2 Å². The number of halogens is 3. The predicted octanol–water partition coefficient (Wildman–Crippen LogP) is 5.54. The molecule has 3 rings (SSSR count). The van der Waals surface area contributed by atoms with Gasteiger partial charge in [-0.1, -0.05) is 0 Å². The Labute approximate surface area is 181 Å². The molecule has 1 aromatic heterocycles. The molecule has 0 saturated heterocycles. The van der Waals surface area contributed by atoms with Gasteiger partial charge in [0.15, 0.2) is 5.82 Å². The number of carbonyl (C=O) groups excluding carboxylic acids is 1. The van der Waals surface area contributed by atoms with E-state index >= 15 is 0 Å². The monoisotopic (exact) mass is 448 g/mol. The van der Waals surface area contributed by atoms with Crippen molar-refractivity contribution in [2.45, 2.75) is 10.4 Å². The SMILES string of the molecule is CN(C)c1cnnc(Nc2ccc(NC(=O)Nc3ccc(SC(F)(F)F)cc3)cc2)c1. The smallest absolute Gasteiger partial charge is 0.376 e. The van der Waals surface area contributed by atoms with Gasteiger partial charge in [0.05, 0.1) is 11.9 Å². The van der Waals surface area contributed by atoms with Gasteiger partial charge < -0.3 is 20.9 Å². The number of thioether (sulfide) groups is 1. The van der Waals surface area contributed by atoms with E-state index in [1.54, 1.807) is 30.5 Å². The molecule has 7 nitrogen and oxygen atoms in total. The molecule has 0 bridgehead atoms. The maximum absolute atomic E-state index is 12.4. The number of amides is 2. The fourth-order valence-corrected chi connectivity index (χ4v) is 3.02. The van der Waals surface area contributed by atoms with E-state index in [1.807, 2.05) is 25.1 Å². The third-order valence-corrected chi connectivity index (χ3v) is 4.66. The quantitative estimate of drug-likeness (QED) is 0.430. The highest BCUT2D eigenvalue weighted by Gasteiger charge is 2.29. The van der Waals surface area contributed by atoms with Crippen molar-refractivity contribution in [3.05, 3.63) is 60.8 Å². The zero-order valence-electron chi connectivity index (χ0n) is 16.6. The first kappa shape index (κ1) is 22.2. The highest BCUT2D eigenvalue weighted by molar-refractivity contribution is 8.00. The predicted molar refractivity (Wildman–Crippen MR) is 117 cm³/mol. The number of anilines is 5. The topological polar surface area (TPSA) is 82.2 Å². The van der Waals surface area contributed by atoms with Crippen molar-refractivity contribution in [3.63, 3.8) is 0 Å². The summed E-state index contributed by atoms with van der Waals surface area (Å²) >= 11 is -0.210. The number of urea groups is 1. The lowest BCUT2D eigenvalue weighted by Gasteiger charge is -2.13. The largest absolute Gasteiger partial charge is 0.446 e. The van der Waals surface area contributed by atoms with Gasteiger partial charge in [0, 0.05) is 42.1 Å². The van der Waals surface area contributed by atoms with Gasteiger partial charge in [-0.2, -0.15) is 18.3 Å². The van der Waals surface area contributed by atoms with Crippen LogP contribution in [0.3, 0.4) is 0 Å². The average Bonchev–Trinajstić information content (AvgIpc) is 2.70. The summed E-state index contributed by atoms with van der Waals surface area (Å²) in [6, 6.07) is 13.7. The van der Waals surface area contributed by atoms with Gasteiger partial charge >= 0.3 is 11.5 Å². The average molecular weight is 448 g/mol. The van der Waals surface area contributed by atoms with Crippen LogP contribution in [0.1, 0.15) is 0 Å². The third-order valence-electron chi connectivity index (χ3n) is 3.92. The molecule has 0 spiro atoms. The molecular weight excluding hydrogens is 429 g/mol. The van der Waals surface area contributed by atoms with Crippen LogP contribution in [0.15, 0.2) is 65.7 Å². The minimum Gasteiger partial charge on any atom is -0.376 e. The van der Waals surface area contributed by atoms with E-state index in [9.17, 15) is 18.0 Å². The standard InChI is InChI=1S/C20H19F3N6OS/c1-29(2)16-11-18(28-24-12-16)25-13-3-5-14(6-4-13)26-19(30)27-15-7-9-17(10-8-15)31-20(21,22)23/h3-12H,1-2H3,(H,25,28)(H2,26,27,30). The normalized spacial score (nSPS) is 11.0. The summed E-state index contributed by atoms with van der Waals surface area (Å²) < 4.78 is 37.1. The first-order chi connectivity index (χ1) is 14.7. The number of aromatic nitrogens is 2. The van der Waals surface area contributed by atoms with Crippen LogP contribution in [0, 0.1) is 0 Å². The lowest BCUT2D eigenvalue weighted by molar-refractivity contribution is -0.0328. The Kier molecular flexibility index (Phi) is 6.85. The molecule has 0 aliphatic carbocycles. The molecule has 1 heterocycles. The molecule has 11 heteroatoms. The Hall–Kier alpha value is -3.47. The van der Waals surface area contributed by atoms with Crippen molar-refractivity contribution >= 4 is 46.4 Å². The second-order valence-electron chi connectivity index (χ2n) is 6.55. The molecule has 0 fully saturated rings. The van der Waals surface area contributed by atoms with E-state index < -0.39 is 11.5 Å². The van der Waals surface area contributed by atoms with Crippen molar-refractivity contribution < 1.29 is 18.0 Å². The second kappa shape index (κ2) is 9.56. The number of carbonyl (C=O) groups is 1. The third kappa shape index (κ3) is 7.07. The highest BCUT2D eigenvalue weighted by Crippen LogP contribution is 2.37. The lowest BCUT2D eigenvalue weighted by Crippen LogP contribution is -2.19. The number of nitrogens with zero attached hydrogens (tertiary/aromatic N) is 3. The minimum absolute atomic E-state index is 0.0438.